The Labute approximate surface area is 286 Å². The van der Waals surface area contributed by atoms with Crippen molar-refractivity contribution >= 4 is 12.6 Å². The molecular formula is C39H69NO5S. The van der Waals surface area contributed by atoms with Crippen LogP contribution in [-0.4, -0.2) is 63.9 Å². The van der Waals surface area contributed by atoms with Gasteiger partial charge in [0.25, 0.3) is 0 Å². The number of allylic oxidation sites excluding steroid dienone is 1. The summed E-state index contributed by atoms with van der Waals surface area (Å²) in [6.07, 6.45) is 18.4. The smallest absolute Gasteiger partial charge is 0.129 e. The lowest BCUT2D eigenvalue weighted by Gasteiger charge is -2.58. The molecule has 1 heterocycles. The maximum atomic E-state index is 10.3. The van der Waals surface area contributed by atoms with Gasteiger partial charge in [-0.15, -0.1) is 12.6 Å². The molecule has 1 saturated heterocycles. The Hall–Kier alpha value is -0.150. The Morgan fingerprint density at radius 1 is 0.891 bits per heavy atom. The monoisotopic (exact) mass is 663 g/mol. The van der Waals surface area contributed by atoms with Gasteiger partial charge < -0.3 is 30.5 Å². The first-order chi connectivity index (χ1) is 21.9. The molecule has 4 fully saturated rings. The molecule has 0 bridgehead atoms. The average Bonchev–Trinajstić information content (AvgIpc) is 3.38. The highest BCUT2D eigenvalue weighted by Crippen LogP contribution is 2.67. The van der Waals surface area contributed by atoms with E-state index < -0.39 is 35.9 Å². The van der Waals surface area contributed by atoms with Crippen molar-refractivity contribution in [2.75, 3.05) is 6.61 Å². The number of hydrogen-bond acceptors (Lipinski definition) is 7. The van der Waals surface area contributed by atoms with E-state index in [1.54, 1.807) is 5.57 Å². The number of unbranched alkanes of at least 4 members (excludes halogenated alkanes) is 3. The van der Waals surface area contributed by atoms with E-state index in [4.69, 9.17) is 15.2 Å². The van der Waals surface area contributed by atoms with Crippen LogP contribution in [0.3, 0.4) is 0 Å². The molecule has 3 saturated carbocycles. The first-order valence-electron chi connectivity index (χ1n) is 19.3. The molecule has 4 aliphatic carbocycles. The van der Waals surface area contributed by atoms with Crippen LogP contribution in [0.2, 0.25) is 0 Å². The van der Waals surface area contributed by atoms with E-state index in [1.165, 1.54) is 64.2 Å². The molecule has 0 spiro atoms. The van der Waals surface area contributed by atoms with E-state index in [9.17, 15) is 15.3 Å². The minimum Gasteiger partial charge on any atom is -0.388 e. The van der Waals surface area contributed by atoms with Crippen LogP contribution in [0.25, 0.3) is 0 Å². The van der Waals surface area contributed by atoms with Crippen molar-refractivity contribution in [1.29, 1.82) is 0 Å². The number of ether oxygens (including phenoxy) is 2. The Bertz CT molecular complexity index is 1010. The number of nitrogens with two attached hydrogens (primary N) is 1. The van der Waals surface area contributed by atoms with Crippen LogP contribution in [0.4, 0.5) is 0 Å². The van der Waals surface area contributed by atoms with Crippen molar-refractivity contribution in [3.05, 3.63) is 11.6 Å². The van der Waals surface area contributed by atoms with E-state index in [0.717, 1.165) is 74.2 Å². The second-order valence-corrected chi connectivity index (χ2v) is 17.9. The van der Waals surface area contributed by atoms with Crippen molar-refractivity contribution < 1.29 is 24.8 Å². The Morgan fingerprint density at radius 3 is 2.41 bits per heavy atom. The second kappa shape index (κ2) is 15.8. The van der Waals surface area contributed by atoms with Gasteiger partial charge in [0.2, 0.25) is 0 Å². The third-order valence-corrected chi connectivity index (χ3v) is 14.5. The molecule has 5 aliphatic rings. The van der Waals surface area contributed by atoms with Crippen LogP contribution in [0, 0.1) is 46.3 Å². The van der Waals surface area contributed by atoms with Gasteiger partial charge in [0.05, 0.1) is 6.10 Å². The summed E-state index contributed by atoms with van der Waals surface area (Å²) in [6, 6.07) is -0.404. The number of rotatable bonds is 14. The van der Waals surface area contributed by atoms with Gasteiger partial charge in [-0.1, -0.05) is 84.8 Å². The standard InChI is InChI=1S/C39H69NO5S/c1-24(2)11-10-12-25(3)29-16-17-30-28-15-14-26-23-27(18-20-38(26,4)31(28)19-21-39(29,30)5)44-22-9-7-6-8-13-32(40)36-34(42)33(41)35(43)37(46)45-36/h14,24-25,27-37,41-43,46H,6-13,15-23,40H2,1-5H3/t25-,27?,28?,29-,30?,31?,32?,33+,34+,35+,36-,37?,38+,39-/m1/s1. The normalized spacial score (nSPS) is 43.8. The van der Waals surface area contributed by atoms with Crippen LogP contribution < -0.4 is 5.73 Å². The maximum absolute atomic E-state index is 10.3. The van der Waals surface area contributed by atoms with E-state index in [0.29, 0.717) is 23.4 Å². The highest BCUT2D eigenvalue weighted by molar-refractivity contribution is 7.80. The fourth-order valence-corrected chi connectivity index (χ4v) is 11.6. The second-order valence-electron chi connectivity index (χ2n) is 17.4. The summed E-state index contributed by atoms with van der Waals surface area (Å²) in [4.78, 5) is 0. The molecular weight excluding hydrogens is 594 g/mol. The highest BCUT2D eigenvalue weighted by atomic mass is 32.1. The average molecular weight is 664 g/mol. The lowest BCUT2D eigenvalue weighted by molar-refractivity contribution is -0.202. The van der Waals surface area contributed by atoms with Crippen LogP contribution in [-0.2, 0) is 9.47 Å². The van der Waals surface area contributed by atoms with Gasteiger partial charge in [-0.05, 0) is 111 Å². The summed E-state index contributed by atoms with van der Waals surface area (Å²) in [7, 11) is 0. The van der Waals surface area contributed by atoms with Crippen molar-refractivity contribution in [3.63, 3.8) is 0 Å². The minimum atomic E-state index is -1.29. The lowest BCUT2D eigenvalue weighted by atomic mass is 9.47. The third kappa shape index (κ3) is 7.76. The number of thiol groups is 1. The van der Waals surface area contributed by atoms with Crippen molar-refractivity contribution in [3.8, 4) is 0 Å². The summed E-state index contributed by atoms with van der Waals surface area (Å²) < 4.78 is 12.1. The number of aliphatic hydroxyl groups is 3. The van der Waals surface area contributed by atoms with Gasteiger partial charge in [0, 0.05) is 12.6 Å². The van der Waals surface area contributed by atoms with Gasteiger partial charge in [-0.3, -0.25) is 0 Å². The van der Waals surface area contributed by atoms with E-state index in [1.807, 2.05) is 0 Å². The molecule has 266 valence electrons. The van der Waals surface area contributed by atoms with Crippen LogP contribution in [0.5, 0.6) is 0 Å². The van der Waals surface area contributed by atoms with Gasteiger partial charge in [-0.25, -0.2) is 0 Å². The molecule has 14 atom stereocenters. The summed E-state index contributed by atoms with van der Waals surface area (Å²) >= 11 is 4.17. The zero-order chi connectivity index (χ0) is 33.2. The first kappa shape index (κ1) is 37.1. The van der Waals surface area contributed by atoms with E-state index >= 15 is 0 Å². The summed E-state index contributed by atoms with van der Waals surface area (Å²) in [5.41, 5.74) is 8.09. The summed E-state index contributed by atoms with van der Waals surface area (Å²) in [5.74, 6) is 5.29. The maximum Gasteiger partial charge on any atom is 0.129 e. The number of fused-ring (bicyclic) bond motifs is 5. The molecule has 6 unspecified atom stereocenters. The van der Waals surface area contributed by atoms with Crippen LogP contribution in [0.15, 0.2) is 11.6 Å². The van der Waals surface area contributed by atoms with Crippen molar-refractivity contribution in [2.45, 2.75) is 179 Å². The molecule has 0 aromatic carbocycles. The van der Waals surface area contributed by atoms with Gasteiger partial charge >= 0.3 is 0 Å². The molecule has 0 aromatic rings. The van der Waals surface area contributed by atoms with Gasteiger partial charge in [0.1, 0.15) is 29.9 Å². The highest BCUT2D eigenvalue weighted by Gasteiger charge is 2.59. The first-order valence-corrected chi connectivity index (χ1v) is 19.8. The topological polar surface area (TPSA) is 105 Å². The Balaban J connectivity index is 1.03. The zero-order valence-corrected chi connectivity index (χ0v) is 30.7. The third-order valence-electron chi connectivity index (χ3n) is 14.1. The fourth-order valence-electron chi connectivity index (χ4n) is 11.3. The lowest BCUT2D eigenvalue weighted by Crippen LogP contribution is -2.60. The molecule has 0 radical (unpaired) electrons. The van der Waals surface area contributed by atoms with Gasteiger partial charge in [-0.2, -0.15) is 0 Å². The van der Waals surface area contributed by atoms with E-state index in [2.05, 4.69) is 53.3 Å². The quantitative estimate of drug-likeness (QED) is 0.0753. The molecule has 5 N–H and O–H groups in total. The van der Waals surface area contributed by atoms with Crippen molar-refractivity contribution in [2.24, 2.45) is 52.1 Å². The minimum absolute atomic E-state index is 0.363. The SMILES string of the molecule is CC(C)CCC[C@@H](C)[C@H]1CCC2C3CC=C4CC(OCCCCCCC(N)[C@H]5OC(S)[C@@H](O)[C@@H](O)[C@@H]5O)CC[C@]4(C)C3CC[C@@]21C. The van der Waals surface area contributed by atoms with Crippen LogP contribution >= 0.6 is 12.6 Å². The van der Waals surface area contributed by atoms with Gasteiger partial charge in [0.15, 0.2) is 0 Å². The predicted molar refractivity (Wildman–Crippen MR) is 190 cm³/mol. The number of hydrogen-bond donors (Lipinski definition) is 5. The Morgan fingerprint density at radius 2 is 1.65 bits per heavy atom. The Kier molecular flexibility index (Phi) is 12.8. The molecule has 1 aliphatic heterocycles. The molecule has 0 amide bonds. The summed E-state index contributed by atoms with van der Waals surface area (Å²) in [6.45, 7) is 13.5. The van der Waals surface area contributed by atoms with Crippen molar-refractivity contribution in [1.82, 2.24) is 0 Å². The van der Waals surface area contributed by atoms with Crippen LogP contribution in [0.1, 0.15) is 137 Å². The molecule has 7 heteroatoms. The predicted octanol–water partition coefficient (Wildman–Crippen LogP) is 7.43. The fraction of sp³-hybridized carbons (Fsp3) is 0.949. The summed E-state index contributed by atoms with van der Waals surface area (Å²) in [5, 5.41) is 30.2. The molecule has 46 heavy (non-hydrogen) atoms. The molecule has 5 rings (SSSR count). The zero-order valence-electron chi connectivity index (χ0n) is 29.8. The molecule has 0 aromatic heterocycles. The largest absolute Gasteiger partial charge is 0.388 e. The number of aliphatic hydroxyl groups excluding tert-OH is 3. The molecule has 6 nitrogen and oxygen atoms in total. The van der Waals surface area contributed by atoms with E-state index in [-0.39, 0.29) is 0 Å².